The summed E-state index contributed by atoms with van der Waals surface area (Å²) in [7, 11) is -3.57. The molecular formula is C17H18N2O4S. The molecule has 4 N–H and O–H groups in total. The molecule has 0 saturated heterocycles. The van der Waals surface area contributed by atoms with Crippen molar-refractivity contribution in [3.05, 3.63) is 54.1 Å². The van der Waals surface area contributed by atoms with E-state index in [-0.39, 0.29) is 24.2 Å². The van der Waals surface area contributed by atoms with Crippen molar-refractivity contribution in [3.63, 3.8) is 0 Å². The van der Waals surface area contributed by atoms with Gasteiger partial charge < -0.3 is 20.9 Å². The smallest absolute Gasteiger partial charge is 0.231 e. The Labute approximate surface area is 140 Å². The largest absolute Gasteiger partial charge is 0.454 e. The van der Waals surface area contributed by atoms with Gasteiger partial charge in [0.2, 0.25) is 6.79 Å². The molecule has 1 fully saturated rings. The predicted molar refractivity (Wildman–Crippen MR) is 88.7 cm³/mol. The second-order valence-corrected chi connectivity index (χ2v) is 8.25. The third-order valence-corrected chi connectivity index (χ3v) is 7.13. The van der Waals surface area contributed by atoms with Gasteiger partial charge in [0.15, 0.2) is 21.3 Å². The summed E-state index contributed by atoms with van der Waals surface area (Å²) in [5.74, 6) is 0.883. The highest BCUT2D eigenvalue weighted by Crippen LogP contribution is 2.56. The van der Waals surface area contributed by atoms with Crippen LogP contribution >= 0.6 is 0 Å². The van der Waals surface area contributed by atoms with Gasteiger partial charge in [-0.15, -0.1) is 0 Å². The summed E-state index contributed by atoms with van der Waals surface area (Å²) in [5.41, 5.74) is 12.0. The van der Waals surface area contributed by atoms with Crippen LogP contribution in [0.4, 0.5) is 0 Å². The summed E-state index contributed by atoms with van der Waals surface area (Å²) in [4.78, 5) is 0.265. The van der Waals surface area contributed by atoms with Gasteiger partial charge in [0.25, 0.3) is 0 Å². The first-order chi connectivity index (χ1) is 11.5. The Kier molecular flexibility index (Phi) is 3.35. The first-order valence-corrected chi connectivity index (χ1v) is 9.20. The molecule has 3 atom stereocenters. The number of hydrogen-bond acceptors (Lipinski definition) is 6. The number of hydrogen-bond donors (Lipinski definition) is 2. The minimum atomic E-state index is -3.57. The molecule has 4 rings (SSSR count). The molecule has 1 aliphatic heterocycles. The highest BCUT2D eigenvalue weighted by molar-refractivity contribution is 7.92. The molecule has 126 valence electrons. The third kappa shape index (κ3) is 2.12. The Morgan fingerprint density at radius 2 is 1.79 bits per heavy atom. The molecule has 1 aliphatic carbocycles. The number of nitrogens with two attached hydrogens (primary N) is 2. The first kappa shape index (κ1) is 15.4. The van der Waals surface area contributed by atoms with E-state index in [2.05, 4.69) is 0 Å². The highest BCUT2D eigenvalue weighted by atomic mass is 32.2. The van der Waals surface area contributed by atoms with Crippen LogP contribution in [0.2, 0.25) is 0 Å². The van der Waals surface area contributed by atoms with Crippen molar-refractivity contribution in [2.45, 2.75) is 21.6 Å². The minimum absolute atomic E-state index is 0.0861. The molecule has 2 aliphatic rings. The van der Waals surface area contributed by atoms with Crippen LogP contribution in [0.1, 0.15) is 11.5 Å². The molecular weight excluding hydrogens is 328 g/mol. The standard InChI is InChI=1S/C17H18N2O4S/c18-9-17(19)15(11-6-7-13-14(8-11)23-10-22-13)16(17)24(20,21)12-4-2-1-3-5-12/h1-8,15-16H,9-10,18-19H2/t15-,16-,17+/m1/s1. The summed E-state index contributed by atoms with van der Waals surface area (Å²) in [5, 5.41) is -0.752. The van der Waals surface area contributed by atoms with Crippen LogP contribution in [0.5, 0.6) is 11.5 Å². The molecule has 0 unspecified atom stereocenters. The first-order valence-electron chi connectivity index (χ1n) is 7.66. The number of fused-ring (bicyclic) bond motifs is 1. The fourth-order valence-corrected chi connectivity index (χ4v) is 5.82. The lowest BCUT2D eigenvalue weighted by atomic mass is 10.1. The van der Waals surface area contributed by atoms with Gasteiger partial charge in [0, 0.05) is 12.5 Å². The van der Waals surface area contributed by atoms with Crippen molar-refractivity contribution in [1.82, 2.24) is 0 Å². The van der Waals surface area contributed by atoms with Crippen molar-refractivity contribution >= 4 is 9.84 Å². The molecule has 2 aromatic carbocycles. The molecule has 0 bridgehead atoms. The number of rotatable bonds is 4. The maximum Gasteiger partial charge on any atom is 0.231 e. The molecule has 7 heteroatoms. The van der Waals surface area contributed by atoms with Crippen molar-refractivity contribution in [2.75, 3.05) is 13.3 Å². The van der Waals surface area contributed by atoms with E-state index >= 15 is 0 Å². The van der Waals surface area contributed by atoms with Crippen molar-refractivity contribution in [1.29, 1.82) is 0 Å². The van der Waals surface area contributed by atoms with Gasteiger partial charge in [-0.05, 0) is 29.8 Å². The highest BCUT2D eigenvalue weighted by Gasteiger charge is 2.68. The average Bonchev–Trinajstić information content (AvgIpc) is 3.00. The second-order valence-electron chi connectivity index (χ2n) is 6.19. The number of benzene rings is 2. The molecule has 1 saturated carbocycles. The Bertz CT molecular complexity index is 885. The maximum absolute atomic E-state index is 13.0. The van der Waals surface area contributed by atoms with E-state index in [9.17, 15) is 8.42 Å². The lowest BCUT2D eigenvalue weighted by molar-refractivity contribution is 0.174. The summed E-state index contributed by atoms with van der Waals surface area (Å²) in [6, 6.07) is 13.7. The maximum atomic E-state index is 13.0. The van der Waals surface area contributed by atoms with E-state index < -0.39 is 20.6 Å². The zero-order chi connectivity index (χ0) is 16.9. The fourth-order valence-electron chi connectivity index (χ4n) is 3.48. The number of sulfone groups is 1. The van der Waals surface area contributed by atoms with E-state index in [1.807, 2.05) is 6.07 Å². The van der Waals surface area contributed by atoms with E-state index in [1.54, 1.807) is 42.5 Å². The normalized spacial score (nSPS) is 27.9. The van der Waals surface area contributed by atoms with Crippen LogP contribution in [-0.4, -0.2) is 32.5 Å². The molecule has 0 radical (unpaired) electrons. The number of ether oxygens (including phenoxy) is 2. The van der Waals surface area contributed by atoms with Crippen LogP contribution in [-0.2, 0) is 9.84 Å². The quantitative estimate of drug-likeness (QED) is 0.856. The molecule has 0 aromatic heterocycles. The molecule has 24 heavy (non-hydrogen) atoms. The third-order valence-electron chi connectivity index (χ3n) is 4.82. The fraction of sp³-hybridized carbons (Fsp3) is 0.294. The van der Waals surface area contributed by atoms with Gasteiger partial charge in [0.05, 0.1) is 15.7 Å². The topological polar surface area (TPSA) is 105 Å². The van der Waals surface area contributed by atoms with Gasteiger partial charge in [0.1, 0.15) is 0 Å². The average molecular weight is 346 g/mol. The summed E-state index contributed by atoms with van der Waals surface area (Å²) >= 11 is 0. The predicted octanol–water partition coefficient (Wildman–Crippen LogP) is 1.01. The van der Waals surface area contributed by atoms with Crippen molar-refractivity contribution in [2.24, 2.45) is 11.5 Å². The van der Waals surface area contributed by atoms with Gasteiger partial charge in [-0.1, -0.05) is 24.3 Å². The van der Waals surface area contributed by atoms with Gasteiger partial charge in [-0.3, -0.25) is 0 Å². The summed E-state index contributed by atoms with van der Waals surface area (Å²) < 4.78 is 36.7. The summed E-state index contributed by atoms with van der Waals surface area (Å²) in [6.45, 7) is 0.253. The van der Waals surface area contributed by atoms with Crippen LogP contribution in [0, 0.1) is 0 Å². The minimum Gasteiger partial charge on any atom is -0.454 e. The van der Waals surface area contributed by atoms with E-state index in [4.69, 9.17) is 20.9 Å². The lowest BCUT2D eigenvalue weighted by Gasteiger charge is -2.09. The van der Waals surface area contributed by atoms with E-state index in [1.165, 1.54) is 0 Å². The lowest BCUT2D eigenvalue weighted by Crippen LogP contribution is -2.39. The molecule has 2 aromatic rings. The van der Waals surface area contributed by atoms with Crippen LogP contribution < -0.4 is 20.9 Å². The van der Waals surface area contributed by atoms with Crippen molar-refractivity contribution < 1.29 is 17.9 Å². The van der Waals surface area contributed by atoms with E-state index in [0.717, 1.165) is 5.56 Å². The Hall–Kier alpha value is -2.09. The Balaban J connectivity index is 1.74. The van der Waals surface area contributed by atoms with Crippen LogP contribution in [0.25, 0.3) is 0 Å². The zero-order valence-electron chi connectivity index (χ0n) is 12.9. The van der Waals surface area contributed by atoms with Crippen molar-refractivity contribution in [3.8, 4) is 11.5 Å². The molecule has 6 nitrogen and oxygen atoms in total. The van der Waals surface area contributed by atoms with E-state index in [0.29, 0.717) is 11.5 Å². The SMILES string of the molecule is NC[C@]1(N)[C@H](c2ccc3c(c2)OCO3)[C@H]1S(=O)(=O)c1ccccc1. The molecule has 0 amide bonds. The zero-order valence-corrected chi connectivity index (χ0v) is 13.7. The van der Waals surface area contributed by atoms with Gasteiger partial charge in [-0.25, -0.2) is 8.42 Å². The monoisotopic (exact) mass is 346 g/mol. The van der Waals surface area contributed by atoms with Gasteiger partial charge in [-0.2, -0.15) is 0 Å². The van der Waals surface area contributed by atoms with Crippen LogP contribution in [0.15, 0.2) is 53.4 Å². The molecule has 1 heterocycles. The van der Waals surface area contributed by atoms with Gasteiger partial charge >= 0.3 is 0 Å². The summed E-state index contributed by atoms with van der Waals surface area (Å²) in [6.07, 6.45) is 0. The van der Waals surface area contributed by atoms with Crippen LogP contribution in [0.3, 0.4) is 0 Å². The second kappa shape index (κ2) is 5.20. The Morgan fingerprint density at radius 1 is 1.08 bits per heavy atom. The molecule has 0 spiro atoms. The Morgan fingerprint density at radius 3 is 2.50 bits per heavy atom.